The van der Waals surface area contributed by atoms with Crippen LogP contribution in [0.5, 0.6) is 0 Å². The van der Waals surface area contributed by atoms with Gasteiger partial charge in [0.15, 0.2) is 0 Å². The van der Waals surface area contributed by atoms with Gasteiger partial charge in [0.2, 0.25) is 0 Å². The number of carbonyl (C=O) groups excluding carboxylic acids is 1. The number of amides is 2. The van der Waals surface area contributed by atoms with Crippen molar-refractivity contribution in [2.75, 3.05) is 26.7 Å². The molecule has 2 aliphatic heterocycles. The van der Waals surface area contributed by atoms with E-state index in [9.17, 15) is 4.79 Å². The summed E-state index contributed by atoms with van der Waals surface area (Å²) in [5.74, 6) is 0.396. The maximum absolute atomic E-state index is 13.0. The summed E-state index contributed by atoms with van der Waals surface area (Å²) in [4.78, 5) is 21.2. The first-order chi connectivity index (χ1) is 13.3. The summed E-state index contributed by atoms with van der Waals surface area (Å²) in [6.45, 7) is 7.08. The molecule has 1 saturated heterocycles. The van der Waals surface area contributed by atoms with Crippen LogP contribution in [0, 0.1) is 0 Å². The Morgan fingerprint density at radius 2 is 2.04 bits per heavy atom. The largest absolute Gasteiger partial charge is 0.400 e. The van der Waals surface area contributed by atoms with Gasteiger partial charge in [-0.25, -0.2) is 4.79 Å². The normalized spacial score (nSPS) is 23.2. The molecule has 7 heteroatoms. The molecular weight excluding hydrogens is 352 g/mol. The van der Waals surface area contributed by atoms with Crippen molar-refractivity contribution < 1.29 is 4.79 Å². The zero-order valence-corrected chi connectivity index (χ0v) is 17.1. The Balaban J connectivity index is 1.61. The van der Waals surface area contributed by atoms with Crippen LogP contribution in [0.1, 0.15) is 32.3 Å². The minimum Gasteiger partial charge on any atom is -0.400 e. The highest BCUT2D eigenvalue weighted by Gasteiger charge is 2.42. The molecule has 0 aliphatic carbocycles. The van der Waals surface area contributed by atoms with Crippen LogP contribution < -0.4 is 16.8 Å². The molecule has 1 atom stereocenters. The number of benzene rings is 1. The van der Waals surface area contributed by atoms with Crippen molar-refractivity contribution in [2.24, 2.45) is 16.5 Å². The Bertz CT molecular complexity index is 770. The van der Waals surface area contributed by atoms with Crippen LogP contribution in [-0.4, -0.2) is 59.9 Å². The van der Waals surface area contributed by atoms with E-state index in [2.05, 4.69) is 39.5 Å². The number of nitrogens with one attached hydrogen (secondary N) is 1. The number of urea groups is 1. The van der Waals surface area contributed by atoms with Crippen LogP contribution in [-0.2, 0) is 6.54 Å². The summed E-state index contributed by atoms with van der Waals surface area (Å²) in [7, 11) is 1.63. The second-order valence-electron chi connectivity index (χ2n) is 8.16. The summed E-state index contributed by atoms with van der Waals surface area (Å²) in [5, 5.41) is 3.21. The molecule has 2 aliphatic rings. The molecule has 5 N–H and O–H groups in total. The maximum atomic E-state index is 13.0. The van der Waals surface area contributed by atoms with Gasteiger partial charge in [0.1, 0.15) is 5.84 Å². The standard InChI is InChI=1S/C21H32N6O/c1-21(2)18(22)17(19(23)24-3)14-27(21)20(28)25-16-10-7-11-26(13-16)12-15-8-5-4-6-9-15/h4-6,8-9,16H,7,10-14,22H2,1-3H3,(H2,23,24)(H,25,28). The first-order valence-electron chi connectivity index (χ1n) is 9.89. The van der Waals surface area contributed by atoms with Crippen molar-refractivity contribution in [2.45, 2.75) is 44.8 Å². The Hall–Kier alpha value is -2.54. The lowest BCUT2D eigenvalue weighted by Gasteiger charge is -2.37. The predicted octanol–water partition coefficient (Wildman–Crippen LogP) is 1.65. The van der Waals surface area contributed by atoms with Crippen molar-refractivity contribution in [1.82, 2.24) is 15.1 Å². The summed E-state index contributed by atoms with van der Waals surface area (Å²) in [6.07, 6.45) is 2.06. The number of carbonyl (C=O) groups is 1. The Morgan fingerprint density at radius 3 is 2.71 bits per heavy atom. The van der Waals surface area contributed by atoms with Crippen LogP contribution in [0.15, 0.2) is 46.6 Å². The molecule has 0 spiro atoms. The number of rotatable bonds is 4. The van der Waals surface area contributed by atoms with Crippen LogP contribution >= 0.6 is 0 Å². The number of aliphatic imine (C=N–C) groups is 1. The van der Waals surface area contributed by atoms with Gasteiger partial charge >= 0.3 is 6.03 Å². The van der Waals surface area contributed by atoms with Gasteiger partial charge in [-0.15, -0.1) is 0 Å². The molecule has 0 aromatic heterocycles. The third-order valence-corrected chi connectivity index (χ3v) is 5.85. The van der Waals surface area contributed by atoms with Crippen LogP contribution in [0.25, 0.3) is 0 Å². The summed E-state index contributed by atoms with van der Waals surface area (Å²) in [5.41, 5.74) is 14.3. The highest BCUT2D eigenvalue weighted by molar-refractivity contribution is 6.00. The van der Waals surface area contributed by atoms with Crippen molar-refractivity contribution in [3.8, 4) is 0 Å². The van der Waals surface area contributed by atoms with Gasteiger partial charge in [-0.3, -0.25) is 9.89 Å². The maximum Gasteiger partial charge on any atom is 0.318 e. The topological polar surface area (TPSA) is 100.0 Å². The number of hydrogen-bond donors (Lipinski definition) is 3. The second-order valence-corrected chi connectivity index (χ2v) is 8.16. The van der Waals surface area contributed by atoms with Crippen molar-refractivity contribution in [3.05, 3.63) is 47.2 Å². The molecule has 2 amide bonds. The molecule has 28 heavy (non-hydrogen) atoms. The number of piperidine rings is 1. The molecule has 7 nitrogen and oxygen atoms in total. The smallest absolute Gasteiger partial charge is 0.318 e. The second kappa shape index (κ2) is 8.22. The Labute approximate surface area is 167 Å². The van der Waals surface area contributed by atoms with Gasteiger partial charge in [0, 0.05) is 37.4 Å². The van der Waals surface area contributed by atoms with Crippen molar-refractivity contribution in [1.29, 1.82) is 0 Å². The average molecular weight is 385 g/mol. The van der Waals surface area contributed by atoms with Crippen LogP contribution in [0.2, 0.25) is 0 Å². The molecule has 152 valence electrons. The molecule has 3 rings (SSSR count). The third-order valence-electron chi connectivity index (χ3n) is 5.85. The molecule has 1 fully saturated rings. The fraction of sp³-hybridized carbons (Fsp3) is 0.524. The SMILES string of the molecule is CN=C(N)C1=C(N)C(C)(C)N(C(=O)NC2CCCN(Cc3ccccc3)C2)C1. The van der Waals surface area contributed by atoms with E-state index in [0.717, 1.165) is 38.0 Å². The van der Waals surface area contributed by atoms with Crippen LogP contribution in [0.4, 0.5) is 4.79 Å². The zero-order chi connectivity index (χ0) is 20.3. The first kappa shape index (κ1) is 20.2. The number of nitrogens with zero attached hydrogens (tertiary/aromatic N) is 3. The van der Waals surface area contributed by atoms with E-state index >= 15 is 0 Å². The fourth-order valence-corrected chi connectivity index (χ4v) is 4.05. The number of hydrogen-bond acceptors (Lipinski definition) is 4. The molecule has 0 radical (unpaired) electrons. The van der Waals surface area contributed by atoms with E-state index < -0.39 is 5.54 Å². The number of nitrogens with two attached hydrogens (primary N) is 2. The minimum atomic E-state index is -0.590. The molecule has 1 aromatic rings. The van der Waals surface area contributed by atoms with Gasteiger partial charge in [0.25, 0.3) is 0 Å². The van der Waals surface area contributed by atoms with E-state index in [1.165, 1.54) is 5.56 Å². The minimum absolute atomic E-state index is 0.0987. The zero-order valence-electron chi connectivity index (χ0n) is 17.1. The fourth-order valence-electron chi connectivity index (χ4n) is 4.05. The van der Waals surface area contributed by atoms with E-state index in [0.29, 0.717) is 18.1 Å². The number of amidine groups is 1. The van der Waals surface area contributed by atoms with E-state index in [-0.39, 0.29) is 12.1 Å². The van der Waals surface area contributed by atoms with Gasteiger partial charge in [-0.05, 0) is 38.8 Å². The molecule has 1 unspecified atom stereocenters. The third kappa shape index (κ3) is 4.14. The van der Waals surface area contributed by atoms with Crippen LogP contribution in [0.3, 0.4) is 0 Å². The highest BCUT2D eigenvalue weighted by Crippen LogP contribution is 2.31. The van der Waals surface area contributed by atoms with Gasteiger partial charge < -0.3 is 21.7 Å². The first-order valence-corrected chi connectivity index (χ1v) is 9.89. The quantitative estimate of drug-likeness (QED) is 0.543. The lowest BCUT2D eigenvalue weighted by molar-refractivity contribution is 0.148. The number of likely N-dealkylation sites (tertiary alicyclic amines) is 1. The summed E-state index contributed by atoms with van der Waals surface area (Å²) in [6, 6.07) is 10.5. The Morgan fingerprint density at radius 1 is 1.32 bits per heavy atom. The molecule has 2 heterocycles. The lowest BCUT2D eigenvalue weighted by atomic mass is 10.00. The molecule has 1 aromatic carbocycles. The van der Waals surface area contributed by atoms with Crippen molar-refractivity contribution in [3.63, 3.8) is 0 Å². The summed E-state index contributed by atoms with van der Waals surface area (Å²) >= 11 is 0. The van der Waals surface area contributed by atoms with E-state index in [4.69, 9.17) is 11.5 Å². The van der Waals surface area contributed by atoms with Gasteiger partial charge in [0.05, 0.1) is 12.1 Å². The highest BCUT2D eigenvalue weighted by atomic mass is 16.2. The molecule has 0 bridgehead atoms. The molecular formula is C21H32N6O. The average Bonchev–Trinajstić information content (AvgIpc) is 2.92. The van der Waals surface area contributed by atoms with Gasteiger partial charge in [-0.2, -0.15) is 0 Å². The van der Waals surface area contributed by atoms with E-state index in [1.807, 2.05) is 19.9 Å². The van der Waals surface area contributed by atoms with E-state index in [1.54, 1.807) is 11.9 Å². The van der Waals surface area contributed by atoms with Gasteiger partial charge in [-0.1, -0.05) is 30.3 Å². The predicted molar refractivity (Wildman–Crippen MR) is 113 cm³/mol. The Kier molecular flexibility index (Phi) is 5.93. The lowest BCUT2D eigenvalue weighted by Crippen LogP contribution is -2.55. The monoisotopic (exact) mass is 384 g/mol. The van der Waals surface area contributed by atoms with Crippen molar-refractivity contribution >= 4 is 11.9 Å². The molecule has 0 saturated carbocycles. The summed E-state index contributed by atoms with van der Waals surface area (Å²) < 4.78 is 0.